The smallest absolute Gasteiger partial charge is 0.125 e. The third-order valence-electron chi connectivity index (χ3n) is 3.12. The van der Waals surface area contributed by atoms with Crippen molar-refractivity contribution in [3.8, 4) is 0 Å². The monoisotopic (exact) mass is 205 g/mol. The lowest BCUT2D eigenvalue weighted by Crippen LogP contribution is -2.11. The number of nitrogens with zero attached hydrogens (tertiary/aromatic N) is 2. The molecule has 0 aliphatic heterocycles. The first-order valence-electron chi connectivity index (χ1n) is 5.78. The van der Waals surface area contributed by atoms with E-state index in [1.54, 1.807) is 0 Å². The van der Waals surface area contributed by atoms with E-state index < -0.39 is 0 Å². The molecule has 1 aromatic heterocycles. The third kappa shape index (κ3) is 2.34. The van der Waals surface area contributed by atoms with Gasteiger partial charge in [0.25, 0.3) is 0 Å². The van der Waals surface area contributed by atoms with Gasteiger partial charge in [0.2, 0.25) is 0 Å². The van der Waals surface area contributed by atoms with E-state index in [1.165, 1.54) is 31.4 Å². The van der Waals surface area contributed by atoms with Gasteiger partial charge in [0.15, 0.2) is 0 Å². The van der Waals surface area contributed by atoms with Crippen LogP contribution in [0.2, 0.25) is 0 Å². The van der Waals surface area contributed by atoms with E-state index in [0.717, 1.165) is 11.5 Å². The van der Waals surface area contributed by atoms with Crippen molar-refractivity contribution >= 4 is 0 Å². The molecule has 3 heteroatoms. The maximum Gasteiger partial charge on any atom is 0.125 e. The Bertz CT molecular complexity index is 341. The zero-order valence-corrected chi connectivity index (χ0v) is 9.53. The van der Waals surface area contributed by atoms with Gasteiger partial charge in [0, 0.05) is 17.7 Å². The summed E-state index contributed by atoms with van der Waals surface area (Å²) in [6.45, 7) is 3.92. The fraction of sp³-hybridized carbons (Fsp3) is 0.667. The number of aromatic nitrogens is 2. The van der Waals surface area contributed by atoms with Crippen molar-refractivity contribution in [1.82, 2.24) is 9.97 Å². The van der Waals surface area contributed by atoms with Gasteiger partial charge in [-0.25, -0.2) is 9.97 Å². The predicted octanol–water partition coefficient (Wildman–Crippen LogP) is 2.46. The lowest BCUT2D eigenvalue weighted by Gasteiger charge is -2.12. The van der Waals surface area contributed by atoms with Gasteiger partial charge in [-0.05, 0) is 32.8 Å². The molecule has 1 saturated carbocycles. The van der Waals surface area contributed by atoms with Gasteiger partial charge in [0.05, 0.1) is 5.69 Å². The summed E-state index contributed by atoms with van der Waals surface area (Å²) < 4.78 is 0. The highest BCUT2D eigenvalue weighted by Gasteiger charge is 2.19. The van der Waals surface area contributed by atoms with E-state index in [9.17, 15) is 0 Å². The molecule has 1 atom stereocenters. The average molecular weight is 205 g/mol. The summed E-state index contributed by atoms with van der Waals surface area (Å²) in [6, 6.07) is 2.10. The maximum atomic E-state index is 5.86. The van der Waals surface area contributed by atoms with E-state index in [0.29, 0.717) is 5.92 Å². The van der Waals surface area contributed by atoms with E-state index in [1.807, 2.05) is 13.8 Å². The van der Waals surface area contributed by atoms with Crippen LogP contribution >= 0.6 is 0 Å². The first kappa shape index (κ1) is 10.6. The van der Waals surface area contributed by atoms with Gasteiger partial charge in [-0.2, -0.15) is 0 Å². The molecule has 2 rings (SSSR count). The van der Waals surface area contributed by atoms with E-state index >= 15 is 0 Å². The molecule has 0 amide bonds. The summed E-state index contributed by atoms with van der Waals surface area (Å²) in [6.07, 6.45) is 5.21. The number of hydrogen-bond acceptors (Lipinski definition) is 3. The lowest BCUT2D eigenvalue weighted by molar-refractivity contribution is 0.673. The van der Waals surface area contributed by atoms with Crippen LogP contribution in [0.15, 0.2) is 6.07 Å². The van der Waals surface area contributed by atoms with Crippen molar-refractivity contribution in [2.24, 2.45) is 5.73 Å². The second kappa shape index (κ2) is 4.27. The standard InChI is InChI=1S/C12H19N3/c1-8(13)11-7-12(15-9(2)14-11)10-5-3-4-6-10/h7-8,10H,3-6,13H2,1-2H3. The molecule has 15 heavy (non-hydrogen) atoms. The Labute approximate surface area is 91.1 Å². The molecule has 82 valence electrons. The minimum Gasteiger partial charge on any atom is -0.323 e. The molecular formula is C12H19N3. The molecule has 1 fully saturated rings. The molecular weight excluding hydrogens is 186 g/mol. The van der Waals surface area contributed by atoms with Crippen LogP contribution < -0.4 is 5.73 Å². The van der Waals surface area contributed by atoms with E-state index in [2.05, 4.69) is 16.0 Å². The largest absolute Gasteiger partial charge is 0.323 e. The van der Waals surface area contributed by atoms with Gasteiger partial charge in [-0.3, -0.25) is 0 Å². The number of rotatable bonds is 2. The molecule has 1 unspecified atom stereocenters. The number of aryl methyl sites for hydroxylation is 1. The Morgan fingerprint density at radius 1 is 1.33 bits per heavy atom. The molecule has 0 spiro atoms. The molecule has 1 aromatic rings. The quantitative estimate of drug-likeness (QED) is 0.807. The summed E-state index contributed by atoms with van der Waals surface area (Å²) >= 11 is 0. The Kier molecular flexibility index (Phi) is 3.00. The Morgan fingerprint density at radius 2 is 2.00 bits per heavy atom. The second-order valence-corrected chi connectivity index (χ2v) is 4.53. The summed E-state index contributed by atoms with van der Waals surface area (Å²) in [5, 5.41) is 0. The van der Waals surface area contributed by atoms with Gasteiger partial charge >= 0.3 is 0 Å². The van der Waals surface area contributed by atoms with Gasteiger partial charge in [-0.1, -0.05) is 12.8 Å². The van der Waals surface area contributed by atoms with Crippen molar-refractivity contribution in [2.75, 3.05) is 0 Å². The Morgan fingerprint density at radius 3 is 2.60 bits per heavy atom. The number of hydrogen-bond donors (Lipinski definition) is 1. The van der Waals surface area contributed by atoms with Crippen molar-refractivity contribution in [3.05, 3.63) is 23.3 Å². The highest BCUT2D eigenvalue weighted by atomic mass is 14.9. The van der Waals surface area contributed by atoms with Gasteiger partial charge < -0.3 is 5.73 Å². The minimum absolute atomic E-state index is 0.00635. The molecule has 0 radical (unpaired) electrons. The molecule has 0 aromatic carbocycles. The fourth-order valence-electron chi connectivity index (χ4n) is 2.28. The van der Waals surface area contributed by atoms with Crippen LogP contribution in [-0.2, 0) is 0 Å². The second-order valence-electron chi connectivity index (χ2n) is 4.53. The average Bonchev–Trinajstić information content (AvgIpc) is 2.69. The summed E-state index contributed by atoms with van der Waals surface area (Å²) in [7, 11) is 0. The first-order valence-corrected chi connectivity index (χ1v) is 5.78. The van der Waals surface area contributed by atoms with Crippen molar-refractivity contribution in [2.45, 2.75) is 51.5 Å². The van der Waals surface area contributed by atoms with E-state index in [-0.39, 0.29) is 6.04 Å². The van der Waals surface area contributed by atoms with Crippen LogP contribution in [0.25, 0.3) is 0 Å². The lowest BCUT2D eigenvalue weighted by atomic mass is 10.0. The zero-order chi connectivity index (χ0) is 10.8. The minimum atomic E-state index is 0.00635. The SMILES string of the molecule is Cc1nc(C(C)N)cc(C2CCCC2)n1. The van der Waals surface area contributed by atoms with Crippen LogP contribution in [-0.4, -0.2) is 9.97 Å². The molecule has 3 nitrogen and oxygen atoms in total. The summed E-state index contributed by atoms with van der Waals surface area (Å²) in [4.78, 5) is 8.90. The molecule has 1 aliphatic rings. The molecule has 0 saturated heterocycles. The Balaban J connectivity index is 2.30. The predicted molar refractivity (Wildman–Crippen MR) is 60.6 cm³/mol. The van der Waals surface area contributed by atoms with Crippen LogP contribution in [0, 0.1) is 6.92 Å². The van der Waals surface area contributed by atoms with Crippen molar-refractivity contribution in [3.63, 3.8) is 0 Å². The molecule has 0 bridgehead atoms. The highest BCUT2D eigenvalue weighted by molar-refractivity contribution is 5.18. The van der Waals surface area contributed by atoms with Crippen LogP contribution in [0.5, 0.6) is 0 Å². The highest BCUT2D eigenvalue weighted by Crippen LogP contribution is 2.33. The van der Waals surface area contributed by atoms with Crippen molar-refractivity contribution < 1.29 is 0 Å². The van der Waals surface area contributed by atoms with Crippen LogP contribution in [0.1, 0.15) is 61.8 Å². The van der Waals surface area contributed by atoms with Gasteiger partial charge in [0.1, 0.15) is 5.82 Å². The third-order valence-corrected chi connectivity index (χ3v) is 3.12. The fourth-order valence-corrected chi connectivity index (χ4v) is 2.28. The molecule has 2 N–H and O–H groups in total. The van der Waals surface area contributed by atoms with Crippen LogP contribution in [0.3, 0.4) is 0 Å². The zero-order valence-electron chi connectivity index (χ0n) is 9.53. The number of nitrogens with two attached hydrogens (primary N) is 1. The molecule has 1 aliphatic carbocycles. The summed E-state index contributed by atoms with van der Waals surface area (Å²) in [5.74, 6) is 1.50. The first-order chi connectivity index (χ1) is 7.16. The van der Waals surface area contributed by atoms with Gasteiger partial charge in [-0.15, -0.1) is 0 Å². The normalized spacial score (nSPS) is 19.4. The maximum absolute atomic E-state index is 5.86. The van der Waals surface area contributed by atoms with Crippen LogP contribution in [0.4, 0.5) is 0 Å². The van der Waals surface area contributed by atoms with E-state index in [4.69, 9.17) is 5.73 Å². The van der Waals surface area contributed by atoms with Crippen molar-refractivity contribution in [1.29, 1.82) is 0 Å². The summed E-state index contributed by atoms with van der Waals surface area (Å²) in [5.41, 5.74) is 8.04. The Hall–Kier alpha value is -0.960. The molecule has 1 heterocycles. The topological polar surface area (TPSA) is 51.8 Å².